The second-order valence-electron chi connectivity index (χ2n) is 6.88. The minimum Gasteiger partial charge on any atom is -0.444 e. The van der Waals surface area contributed by atoms with Crippen LogP contribution < -0.4 is 5.32 Å². The Kier molecular flexibility index (Phi) is 3.62. The van der Waals surface area contributed by atoms with Crippen molar-refractivity contribution in [2.75, 3.05) is 18.4 Å². The predicted molar refractivity (Wildman–Crippen MR) is 91.9 cm³/mol. The molecule has 1 N–H and O–H groups in total. The fourth-order valence-corrected chi connectivity index (χ4v) is 3.57. The van der Waals surface area contributed by atoms with E-state index in [9.17, 15) is 9.59 Å². The summed E-state index contributed by atoms with van der Waals surface area (Å²) in [5.41, 5.74) is 0.692. The maximum Gasteiger partial charge on any atom is 0.410 e. The smallest absolute Gasteiger partial charge is 0.410 e. The summed E-state index contributed by atoms with van der Waals surface area (Å²) in [6.45, 7) is 6.44. The van der Waals surface area contributed by atoms with Crippen LogP contribution in [0.25, 0.3) is 0 Å². The average molecular weight is 414 g/mol. The third-order valence-corrected chi connectivity index (χ3v) is 4.77. The van der Waals surface area contributed by atoms with Gasteiger partial charge >= 0.3 is 6.09 Å². The highest BCUT2D eigenvalue weighted by atomic mass is 127. The molecule has 1 unspecified atom stereocenters. The number of likely N-dealkylation sites (tertiary alicyclic amines) is 1. The van der Waals surface area contributed by atoms with Crippen molar-refractivity contribution in [2.45, 2.75) is 38.2 Å². The molecule has 1 spiro atoms. The lowest BCUT2D eigenvalue weighted by molar-refractivity contribution is -0.120. The lowest BCUT2D eigenvalue weighted by Crippen LogP contribution is -2.41. The normalized spacial score (nSPS) is 23.6. The Morgan fingerprint density at radius 1 is 1.41 bits per heavy atom. The molecule has 2 amide bonds. The van der Waals surface area contributed by atoms with Gasteiger partial charge in [0.25, 0.3) is 0 Å². The minimum absolute atomic E-state index is 0.0180. The Morgan fingerprint density at radius 3 is 2.82 bits per heavy atom. The molecule has 1 atom stereocenters. The highest BCUT2D eigenvalue weighted by molar-refractivity contribution is 14.1. The number of anilines is 1. The molecule has 2 heterocycles. The summed E-state index contributed by atoms with van der Waals surface area (Å²) < 4.78 is 6.51. The Labute approximate surface area is 143 Å². The molecule has 2 aliphatic rings. The van der Waals surface area contributed by atoms with Crippen LogP contribution in [0.15, 0.2) is 18.2 Å². The van der Waals surface area contributed by atoms with Gasteiger partial charge in [-0.1, -0.05) is 0 Å². The van der Waals surface area contributed by atoms with Gasteiger partial charge in [0.05, 0.1) is 5.41 Å². The van der Waals surface area contributed by atoms with E-state index >= 15 is 0 Å². The van der Waals surface area contributed by atoms with E-state index in [-0.39, 0.29) is 12.0 Å². The fraction of sp³-hybridized carbons (Fsp3) is 0.500. The maximum absolute atomic E-state index is 12.5. The quantitative estimate of drug-likeness (QED) is 0.664. The van der Waals surface area contributed by atoms with Crippen LogP contribution in [0, 0.1) is 3.57 Å². The monoisotopic (exact) mass is 414 g/mol. The minimum atomic E-state index is -0.632. The molecule has 1 fully saturated rings. The number of nitrogens with zero attached hydrogens (tertiary/aromatic N) is 1. The number of carbonyl (C=O) groups is 2. The molecule has 0 aromatic heterocycles. The molecule has 1 saturated heterocycles. The van der Waals surface area contributed by atoms with E-state index < -0.39 is 11.0 Å². The standard InChI is InChI=1S/C16H19IN2O3/c1-15(2,3)22-14(21)19-7-6-16(9-19)11-8-10(17)4-5-12(11)18-13(16)20/h4-5,8H,6-7,9H2,1-3H3,(H,18,20). The molecular weight excluding hydrogens is 395 g/mol. The van der Waals surface area contributed by atoms with Crippen LogP contribution in [0.2, 0.25) is 0 Å². The van der Waals surface area contributed by atoms with Crippen molar-refractivity contribution in [1.82, 2.24) is 4.90 Å². The zero-order valence-corrected chi connectivity index (χ0v) is 15.1. The Morgan fingerprint density at radius 2 is 2.14 bits per heavy atom. The number of carbonyl (C=O) groups excluding carboxylic acids is 2. The first-order valence-electron chi connectivity index (χ1n) is 7.31. The van der Waals surface area contributed by atoms with Gasteiger partial charge < -0.3 is 15.0 Å². The summed E-state index contributed by atoms with van der Waals surface area (Å²) in [6, 6.07) is 5.94. The number of ether oxygens (including phenoxy) is 1. The first kappa shape index (κ1) is 15.6. The summed E-state index contributed by atoms with van der Waals surface area (Å²) in [5, 5.41) is 2.94. The van der Waals surface area contributed by atoms with Crippen molar-refractivity contribution in [3.8, 4) is 0 Å². The summed E-state index contributed by atoms with van der Waals surface area (Å²) in [4.78, 5) is 26.4. The van der Waals surface area contributed by atoms with E-state index in [1.165, 1.54) is 0 Å². The van der Waals surface area contributed by atoms with Crippen LogP contribution in [-0.2, 0) is 14.9 Å². The molecular formula is C16H19IN2O3. The van der Waals surface area contributed by atoms with Crippen molar-refractivity contribution >= 4 is 40.3 Å². The lowest BCUT2D eigenvalue weighted by atomic mass is 9.81. The SMILES string of the molecule is CC(C)(C)OC(=O)N1CCC2(C1)C(=O)Nc1ccc(I)cc12. The summed E-state index contributed by atoms with van der Waals surface area (Å²) in [7, 11) is 0. The molecule has 118 valence electrons. The topological polar surface area (TPSA) is 58.6 Å². The molecule has 6 heteroatoms. The zero-order valence-electron chi connectivity index (χ0n) is 12.9. The number of hydrogen-bond donors (Lipinski definition) is 1. The summed E-state index contributed by atoms with van der Waals surface area (Å²) in [6.07, 6.45) is 0.279. The molecule has 0 radical (unpaired) electrons. The largest absolute Gasteiger partial charge is 0.444 e. The molecule has 3 rings (SSSR count). The van der Waals surface area contributed by atoms with Crippen LogP contribution in [0.3, 0.4) is 0 Å². The molecule has 5 nitrogen and oxygen atoms in total. The third kappa shape index (κ3) is 2.57. The Balaban J connectivity index is 1.87. The average Bonchev–Trinajstić information content (AvgIpc) is 2.94. The predicted octanol–water partition coefficient (Wildman–Crippen LogP) is 3.12. The van der Waals surface area contributed by atoms with Crippen molar-refractivity contribution in [2.24, 2.45) is 0 Å². The highest BCUT2D eigenvalue weighted by Crippen LogP contribution is 2.44. The van der Waals surface area contributed by atoms with Gasteiger partial charge in [-0.2, -0.15) is 0 Å². The van der Waals surface area contributed by atoms with Gasteiger partial charge in [-0.05, 0) is 73.5 Å². The number of halogens is 1. The zero-order chi connectivity index (χ0) is 16.1. The van der Waals surface area contributed by atoms with Crippen LogP contribution in [0.1, 0.15) is 32.8 Å². The van der Waals surface area contributed by atoms with Gasteiger partial charge in [0.15, 0.2) is 0 Å². The molecule has 2 aliphatic heterocycles. The number of fused-ring (bicyclic) bond motifs is 2. The second kappa shape index (κ2) is 5.11. The molecule has 0 bridgehead atoms. The van der Waals surface area contributed by atoms with Crippen molar-refractivity contribution in [1.29, 1.82) is 0 Å². The molecule has 0 saturated carbocycles. The summed E-state index contributed by atoms with van der Waals surface area (Å²) >= 11 is 2.24. The van der Waals surface area contributed by atoms with Crippen LogP contribution in [0.5, 0.6) is 0 Å². The second-order valence-corrected chi connectivity index (χ2v) is 8.12. The molecule has 0 aliphatic carbocycles. The molecule has 22 heavy (non-hydrogen) atoms. The van der Waals surface area contributed by atoms with Crippen molar-refractivity contribution < 1.29 is 14.3 Å². The van der Waals surface area contributed by atoms with Gasteiger partial charge in [-0.15, -0.1) is 0 Å². The van der Waals surface area contributed by atoms with E-state index in [0.29, 0.717) is 19.5 Å². The number of amides is 2. The fourth-order valence-electron chi connectivity index (χ4n) is 3.08. The molecule has 1 aromatic rings. The molecule has 1 aromatic carbocycles. The number of nitrogens with one attached hydrogen (secondary N) is 1. The van der Waals surface area contributed by atoms with Gasteiger partial charge in [0.2, 0.25) is 5.91 Å². The highest BCUT2D eigenvalue weighted by Gasteiger charge is 2.52. The van der Waals surface area contributed by atoms with Crippen LogP contribution in [-0.4, -0.2) is 35.6 Å². The van der Waals surface area contributed by atoms with E-state index in [1.807, 2.05) is 39.0 Å². The van der Waals surface area contributed by atoms with Crippen LogP contribution in [0.4, 0.5) is 10.5 Å². The van der Waals surface area contributed by atoms with Crippen LogP contribution >= 0.6 is 22.6 Å². The van der Waals surface area contributed by atoms with Crippen molar-refractivity contribution in [3.63, 3.8) is 0 Å². The maximum atomic E-state index is 12.5. The Hall–Kier alpha value is -1.31. The first-order chi connectivity index (χ1) is 10.2. The summed E-state index contributed by atoms with van der Waals surface area (Å²) in [5.74, 6) is -0.0180. The number of benzene rings is 1. The van der Waals surface area contributed by atoms with Gasteiger partial charge in [-0.25, -0.2) is 4.79 Å². The van der Waals surface area contributed by atoms with Gasteiger partial charge in [0, 0.05) is 22.3 Å². The first-order valence-corrected chi connectivity index (χ1v) is 8.39. The number of hydrogen-bond acceptors (Lipinski definition) is 3. The van der Waals surface area contributed by atoms with Gasteiger partial charge in [0.1, 0.15) is 5.60 Å². The lowest BCUT2D eigenvalue weighted by Gasteiger charge is -2.26. The van der Waals surface area contributed by atoms with E-state index in [0.717, 1.165) is 14.8 Å². The number of rotatable bonds is 0. The Bertz CT molecular complexity index is 653. The van der Waals surface area contributed by atoms with Gasteiger partial charge in [-0.3, -0.25) is 4.79 Å². The van der Waals surface area contributed by atoms with E-state index in [2.05, 4.69) is 27.9 Å². The van der Waals surface area contributed by atoms with Crippen molar-refractivity contribution in [3.05, 3.63) is 27.3 Å². The van der Waals surface area contributed by atoms with E-state index in [1.54, 1.807) is 4.90 Å². The third-order valence-electron chi connectivity index (χ3n) is 4.10. The van der Waals surface area contributed by atoms with E-state index in [4.69, 9.17) is 4.74 Å².